The Kier molecular flexibility index (Phi) is 2.34. The molecule has 0 bridgehead atoms. The second kappa shape index (κ2) is 3.03. The molecular formula is C9H12O3S. The van der Waals surface area contributed by atoms with Crippen molar-refractivity contribution in [2.45, 2.75) is 18.7 Å². The van der Waals surface area contributed by atoms with Gasteiger partial charge in [-0.2, -0.15) is 0 Å². The largest absolute Gasteiger partial charge is 0.508 e. The van der Waals surface area contributed by atoms with Gasteiger partial charge in [0.1, 0.15) is 5.75 Å². The average molecular weight is 200 g/mol. The second-order valence-corrected chi connectivity index (χ2v) is 5.13. The van der Waals surface area contributed by atoms with Crippen LogP contribution in [0.15, 0.2) is 17.0 Å². The molecule has 0 aromatic heterocycles. The summed E-state index contributed by atoms with van der Waals surface area (Å²) >= 11 is 0. The summed E-state index contributed by atoms with van der Waals surface area (Å²) in [4.78, 5) is 0.310. The van der Waals surface area contributed by atoms with Gasteiger partial charge in [-0.3, -0.25) is 0 Å². The molecule has 0 heterocycles. The molecule has 0 aliphatic rings. The fourth-order valence-electron chi connectivity index (χ4n) is 1.51. The van der Waals surface area contributed by atoms with Gasteiger partial charge in [0.2, 0.25) is 0 Å². The van der Waals surface area contributed by atoms with Gasteiger partial charge in [0, 0.05) is 6.26 Å². The summed E-state index contributed by atoms with van der Waals surface area (Å²) in [7, 11) is -3.19. The topological polar surface area (TPSA) is 54.4 Å². The lowest BCUT2D eigenvalue weighted by atomic mass is 10.1. The third kappa shape index (κ3) is 2.01. The van der Waals surface area contributed by atoms with Crippen LogP contribution >= 0.6 is 0 Å². The predicted molar refractivity (Wildman–Crippen MR) is 50.7 cm³/mol. The number of hydrogen-bond donors (Lipinski definition) is 1. The summed E-state index contributed by atoms with van der Waals surface area (Å²) in [6, 6.07) is 2.90. The Bertz CT molecular complexity index is 409. The molecule has 1 aromatic rings. The molecule has 0 radical (unpaired) electrons. The lowest BCUT2D eigenvalue weighted by molar-refractivity contribution is 0.473. The van der Waals surface area contributed by atoms with Crippen molar-refractivity contribution >= 4 is 9.84 Å². The lowest BCUT2D eigenvalue weighted by Gasteiger charge is -2.07. The maximum atomic E-state index is 11.3. The number of benzene rings is 1. The van der Waals surface area contributed by atoms with Gasteiger partial charge >= 0.3 is 0 Å². The van der Waals surface area contributed by atoms with E-state index in [0.717, 1.165) is 0 Å². The average Bonchev–Trinajstić information content (AvgIpc) is 1.78. The van der Waals surface area contributed by atoms with Gasteiger partial charge < -0.3 is 5.11 Å². The molecule has 0 atom stereocenters. The predicted octanol–water partition coefficient (Wildman–Crippen LogP) is 1.41. The van der Waals surface area contributed by atoms with Crippen molar-refractivity contribution in [2.75, 3.05) is 6.26 Å². The van der Waals surface area contributed by atoms with Crippen LogP contribution in [0.2, 0.25) is 0 Å². The Morgan fingerprint density at radius 1 is 1.15 bits per heavy atom. The summed E-state index contributed by atoms with van der Waals surface area (Å²) in [6.45, 7) is 3.34. The highest BCUT2D eigenvalue weighted by Gasteiger charge is 2.14. The van der Waals surface area contributed by atoms with Crippen molar-refractivity contribution < 1.29 is 13.5 Å². The third-order valence-corrected chi connectivity index (χ3v) is 3.20. The Morgan fingerprint density at radius 2 is 1.54 bits per heavy atom. The summed E-state index contributed by atoms with van der Waals surface area (Å²) in [6.07, 6.45) is 1.17. The molecule has 72 valence electrons. The van der Waals surface area contributed by atoms with Gasteiger partial charge in [0.05, 0.1) is 4.90 Å². The van der Waals surface area contributed by atoms with Crippen LogP contribution in [0.4, 0.5) is 0 Å². The van der Waals surface area contributed by atoms with Gasteiger partial charge in [-0.15, -0.1) is 0 Å². The zero-order valence-electron chi connectivity index (χ0n) is 7.83. The molecule has 0 unspecified atom stereocenters. The molecule has 0 fully saturated rings. The van der Waals surface area contributed by atoms with Crippen LogP contribution in [0.25, 0.3) is 0 Å². The van der Waals surface area contributed by atoms with E-state index in [2.05, 4.69) is 0 Å². The van der Waals surface area contributed by atoms with E-state index < -0.39 is 9.84 Å². The van der Waals surface area contributed by atoms with Gasteiger partial charge in [-0.25, -0.2) is 8.42 Å². The van der Waals surface area contributed by atoms with Crippen molar-refractivity contribution in [1.29, 1.82) is 0 Å². The van der Waals surface area contributed by atoms with E-state index in [4.69, 9.17) is 0 Å². The van der Waals surface area contributed by atoms with Gasteiger partial charge in [-0.1, -0.05) is 0 Å². The van der Waals surface area contributed by atoms with Crippen LogP contribution in [0.3, 0.4) is 0 Å². The first kappa shape index (κ1) is 10.1. The van der Waals surface area contributed by atoms with Gasteiger partial charge in [0.25, 0.3) is 0 Å². The minimum absolute atomic E-state index is 0.0994. The number of rotatable bonds is 1. The van der Waals surface area contributed by atoms with Crippen molar-refractivity contribution in [3.05, 3.63) is 23.3 Å². The first-order chi connectivity index (χ1) is 5.82. The lowest BCUT2D eigenvalue weighted by Crippen LogP contribution is -2.02. The van der Waals surface area contributed by atoms with Crippen LogP contribution < -0.4 is 0 Å². The smallest absolute Gasteiger partial charge is 0.176 e. The van der Waals surface area contributed by atoms with E-state index in [1.165, 1.54) is 18.4 Å². The molecule has 0 amide bonds. The summed E-state index contributed by atoms with van der Waals surface area (Å²) in [5.41, 5.74) is 1.17. The number of phenols is 1. The van der Waals surface area contributed by atoms with Gasteiger partial charge in [-0.05, 0) is 37.1 Å². The number of sulfone groups is 1. The Balaban J connectivity index is 3.57. The van der Waals surface area contributed by atoms with Crippen molar-refractivity contribution in [3.8, 4) is 5.75 Å². The van der Waals surface area contributed by atoms with Crippen molar-refractivity contribution in [2.24, 2.45) is 0 Å². The highest BCUT2D eigenvalue weighted by molar-refractivity contribution is 7.90. The molecule has 13 heavy (non-hydrogen) atoms. The zero-order valence-corrected chi connectivity index (χ0v) is 8.64. The van der Waals surface area contributed by atoms with E-state index in [-0.39, 0.29) is 5.75 Å². The second-order valence-electron chi connectivity index (χ2n) is 3.18. The molecule has 1 N–H and O–H groups in total. The summed E-state index contributed by atoms with van der Waals surface area (Å²) in [5, 5.41) is 9.19. The maximum absolute atomic E-state index is 11.3. The fraction of sp³-hybridized carbons (Fsp3) is 0.333. The van der Waals surface area contributed by atoms with Crippen LogP contribution in [0.5, 0.6) is 5.75 Å². The van der Waals surface area contributed by atoms with E-state index in [1.807, 2.05) is 0 Å². The standard InChI is InChI=1S/C9H12O3S/c1-6-4-8(10)5-7(2)9(6)13(3,11)12/h4-5,10H,1-3H3. The Hall–Kier alpha value is -1.03. The summed E-state index contributed by atoms with van der Waals surface area (Å²) < 4.78 is 22.6. The first-order valence-corrected chi connectivity index (χ1v) is 5.72. The Morgan fingerprint density at radius 3 is 1.85 bits per heavy atom. The highest BCUT2D eigenvalue weighted by atomic mass is 32.2. The van der Waals surface area contributed by atoms with E-state index >= 15 is 0 Å². The van der Waals surface area contributed by atoms with Crippen LogP contribution in [0, 0.1) is 13.8 Å². The molecule has 4 heteroatoms. The molecule has 0 saturated heterocycles. The zero-order chi connectivity index (χ0) is 10.2. The monoisotopic (exact) mass is 200 g/mol. The van der Waals surface area contributed by atoms with E-state index in [0.29, 0.717) is 16.0 Å². The molecule has 3 nitrogen and oxygen atoms in total. The van der Waals surface area contributed by atoms with Crippen LogP contribution in [-0.2, 0) is 9.84 Å². The molecule has 0 spiro atoms. The maximum Gasteiger partial charge on any atom is 0.176 e. The normalized spacial score (nSPS) is 11.6. The quantitative estimate of drug-likeness (QED) is 0.745. The number of hydrogen-bond acceptors (Lipinski definition) is 3. The first-order valence-electron chi connectivity index (χ1n) is 3.82. The summed E-state index contributed by atoms with van der Waals surface area (Å²) in [5.74, 6) is 0.0994. The molecule has 0 aliphatic carbocycles. The Labute approximate surface area is 77.9 Å². The van der Waals surface area contributed by atoms with Crippen molar-refractivity contribution in [1.82, 2.24) is 0 Å². The molecule has 1 aromatic carbocycles. The van der Waals surface area contributed by atoms with Crippen LogP contribution in [0.1, 0.15) is 11.1 Å². The molecular weight excluding hydrogens is 188 g/mol. The third-order valence-electron chi connectivity index (χ3n) is 1.82. The van der Waals surface area contributed by atoms with Crippen LogP contribution in [-0.4, -0.2) is 19.8 Å². The highest BCUT2D eigenvalue weighted by Crippen LogP contribution is 2.24. The number of aromatic hydroxyl groups is 1. The minimum atomic E-state index is -3.19. The SMILES string of the molecule is Cc1cc(O)cc(C)c1S(C)(=O)=O. The molecule has 0 saturated carbocycles. The number of phenolic OH excluding ortho intramolecular Hbond substituents is 1. The number of aryl methyl sites for hydroxylation is 2. The molecule has 1 rings (SSSR count). The van der Waals surface area contributed by atoms with E-state index in [9.17, 15) is 13.5 Å². The van der Waals surface area contributed by atoms with E-state index in [1.54, 1.807) is 13.8 Å². The van der Waals surface area contributed by atoms with Crippen molar-refractivity contribution in [3.63, 3.8) is 0 Å². The molecule has 0 aliphatic heterocycles. The minimum Gasteiger partial charge on any atom is -0.508 e. The fourth-order valence-corrected chi connectivity index (χ4v) is 2.80. The van der Waals surface area contributed by atoms with Gasteiger partial charge in [0.15, 0.2) is 9.84 Å².